The van der Waals surface area contributed by atoms with E-state index in [4.69, 9.17) is 0 Å². The number of hydrogen-bond donors (Lipinski definition) is 1. The van der Waals surface area contributed by atoms with Crippen molar-refractivity contribution in [1.82, 2.24) is 4.98 Å². The summed E-state index contributed by atoms with van der Waals surface area (Å²) in [5, 5.41) is 14.9. The number of thiazole rings is 1. The van der Waals surface area contributed by atoms with Gasteiger partial charge in [-0.2, -0.15) is 23.3 Å². The van der Waals surface area contributed by atoms with E-state index in [1.807, 2.05) is 6.92 Å². The lowest BCUT2D eigenvalue weighted by molar-refractivity contribution is -0.254. The summed E-state index contributed by atoms with van der Waals surface area (Å²) in [5.41, 5.74) is -2.10. The SMILES string of the molecule is CCCC1=NN(c2nc3ccccc3s2)C(O)(C(F)(F)F)C1. The topological polar surface area (TPSA) is 48.7 Å². The van der Waals surface area contributed by atoms with Gasteiger partial charge < -0.3 is 5.11 Å². The number of hydrazone groups is 1. The van der Waals surface area contributed by atoms with Crippen LogP contribution in [0.1, 0.15) is 26.2 Å². The lowest BCUT2D eigenvalue weighted by atomic mass is 10.0. The number of aromatic nitrogens is 1. The minimum atomic E-state index is -4.82. The highest BCUT2D eigenvalue weighted by molar-refractivity contribution is 7.22. The molecule has 0 aliphatic carbocycles. The Hall–Kier alpha value is -1.67. The second kappa shape index (κ2) is 5.20. The number of hydrogen-bond acceptors (Lipinski definition) is 5. The molecule has 2 heterocycles. The second-order valence-electron chi connectivity index (χ2n) is 5.18. The van der Waals surface area contributed by atoms with E-state index in [1.165, 1.54) is 0 Å². The van der Waals surface area contributed by atoms with Crippen molar-refractivity contribution < 1.29 is 18.3 Å². The van der Waals surface area contributed by atoms with Crippen LogP contribution in [0.2, 0.25) is 0 Å². The highest BCUT2D eigenvalue weighted by atomic mass is 32.1. The lowest BCUT2D eigenvalue weighted by Gasteiger charge is -2.32. The summed E-state index contributed by atoms with van der Waals surface area (Å²) in [6, 6.07) is 7.04. The summed E-state index contributed by atoms with van der Waals surface area (Å²) in [5.74, 6) is 0. The zero-order valence-corrected chi connectivity index (χ0v) is 12.6. The molecule has 3 rings (SSSR count). The normalized spacial score (nSPS) is 22.4. The fourth-order valence-corrected chi connectivity index (χ4v) is 3.40. The maximum atomic E-state index is 13.4. The van der Waals surface area contributed by atoms with Crippen molar-refractivity contribution in [3.05, 3.63) is 24.3 Å². The van der Waals surface area contributed by atoms with Crippen LogP contribution in [0, 0.1) is 0 Å². The van der Waals surface area contributed by atoms with Crippen LogP contribution in [0.15, 0.2) is 29.4 Å². The van der Waals surface area contributed by atoms with Gasteiger partial charge in [0.1, 0.15) is 0 Å². The Bertz CT molecular complexity index is 694. The number of fused-ring (bicyclic) bond motifs is 1. The molecule has 1 atom stereocenters. The Morgan fingerprint density at radius 2 is 2.09 bits per heavy atom. The van der Waals surface area contributed by atoms with Crippen molar-refractivity contribution in [3.63, 3.8) is 0 Å². The molecule has 1 aromatic heterocycles. The summed E-state index contributed by atoms with van der Waals surface area (Å²) in [6.45, 7) is 1.86. The zero-order valence-electron chi connectivity index (χ0n) is 11.8. The smallest absolute Gasteiger partial charge is 0.362 e. The molecule has 0 fully saturated rings. The largest absolute Gasteiger partial charge is 0.438 e. The Morgan fingerprint density at radius 3 is 2.73 bits per heavy atom. The van der Waals surface area contributed by atoms with Crippen LogP contribution in [0.5, 0.6) is 0 Å². The molecule has 0 spiro atoms. The third kappa shape index (κ3) is 2.36. The van der Waals surface area contributed by atoms with Crippen molar-refractivity contribution in [2.45, 2.75) is 38.1 Å². The van der Waals surface area contributed by atoms with E-state index in [0.717, 1.165) is 16.0 Å². The molecular formula is C14H14F3N3OS. The Kier molecular flexibility index (Phi) is 3.60. The van der Waals surface area contributed by atoms with Crippen molar-refractivity contribution in [3.8, 4) is 0 Å². The van der Waals surface area contributed by atoms with Gasteiger partial charge in [-0.25, -0.2) is 4.98 Å². The minimum absolute atomic E-state index is 0.0483. The van der Waals surface area contributed by atoms with Crippen LogP contribution in [-0.2, 0) is 0 Å². The summed E-state index contributed by atoms with van der Waals surface area (Å²) < 4.78 is 40.8. The standard InChI is InChI=1S/C14H14F3N3OS/c1-2-5-9-8-13(21,14(15,16)17)20(19-9)12-18-10-6-3-4-7-11(10)22-12/h3-4,6-7,21H,2,5,8H2,1H3. The molecule has 0 saturated carbocycles. The van der Waals surface area contributed by atoms with E-state index >= 15 is 0 Å². The highest BCUT2D eigenvalue weighted by Crippen LogP contribution is 2.45. The summed E-state index contributed by atoms with van der Waals surface area (Å²) >= 11 is 1.08. The number of alkyl halides is 3. The van der Waals surface area contributed by atoms with E-state index in [2.05, 4.69) is 10.1 Å². The van der Waals surface area contributed by atoms with Crippen molar-refractivity contribution in [2.75, 3.05) is 5.01 Å². The first-order valence-corrected chi connectivity index (χ1v) is 7.68. The van der Waals surface area contributed by atoms with Crippen molar-refractivity contribution in [1.29, 1.82) is 0 Å². The molecular weight excluding hydrogens is 315 g/mol. The quantitative estimate of drug-likeness (QED) is 0.929. The molecule has 0 bridgehead atoms. The van der Waals surface area contributed by atoms with Gasteiger partial charge in [-0.05, 0) is 18.6 Å². The molecule has 118 valence electrons. The predicted octanol–water partition coefficient (Wildman–Crippen LogP) is 3.91. The van der Waals surface area contributed by atoms with Crippen molar-refractivity contribution in [2.24, 2.45) is 5.10 Å². The maximum Gasteiger partial charge on any atom is 0.438 e. The van der Waals surface area contributed by atoms with Gasteiger partial charge >= 0.3 is 6.18 Å². The molecule has 22 heavy (non-hydrogen) atoms. The average molecular weight is 329 g/mol. The molecule has 1 aliphatic heterocycles. The van der Waals surface area contributed by atoms with Gasteiger partial charge in [0.2, 0.25) is 5.13 Å². The lowest BCUT2D eigenvalue weighted by Crippen LogP contribution is -2.55. The van der Waals surface area contributed by atoms with Crippen LogP contribution >= 0.6 is 11.3 Å². The van der Waals surface area contributed by atoms with E-state index in [1.54, 1.807) is 24.3 Å². The number of halogens is 3. The van der Waals surface area contributed by atoms with Gasteiger partial charge in [0, 0.05) is 12.1 Å². The first kappa shape index (κ1) is 15.2. The molecule has 0 saturated heterocycles. The zero-order chi connectivity index (χ0) is 16.0. The Labute approximate surface area is 128 Å². The van der Waals surface area contributed by atoms with Crippen LogP contribution in [0.4, 0.5) is 18.3 Å². The Morgan fingerprint density at radius 1 is 1.36 bits per heavy atom. The van der Waals surface area contributed by atoms with Crippen LogP contribution in [0.25, 0.3) is 10.2 Å². The molecule has 0 amide bonds. The number of benzene rings is 1. The average Bonchev–Trinajstić information content (AvgIpc) is 3.00. The summed E-state index contributed by atoms with van der Waals surface area (Å²) in [7, 11) is 0. The van der Waals surface area contributed by atoms with Gasteiger partial charge in [-0.1, -0.05) is 36.8 Å². The molecule has 8 heteroatoms. The first-order chi connectivity index (χ1) is 10.3. The van der Waals surface area contributed by atoms with Crippen molar-refractivity contribution >= 4 is 32.4 Å². The highest BCUT2D eigenvalue weighted by Gasteiger charge is 2.62. The molecule has 0 radical (unpaired) electrons. The summed E-state index contributed by atoms with van der Waals surface area (Å²) in [6.07, 6.45) is -4.27. The number of rotatable bonds is 3. The van der Waals surface area contributed by atoms with Gasteiger partial charge in [-0.15, -0.1) is 0 Å². The minimum Gasteiger partial charge on any atom is -0.362 e. The molecule has 1 aromatic carbocycles. The van der Waals surface area contributed by atoms with Gasteiger partial charge in [0.25, 0.3) is 5.72 Å². The molecule has 2 aromatic rings. The predicted molar refractivity (Wildman–Crippen MR) is 80.1 cm³/mol. The van der Waals surface area contributed by atoms with Gasteiger partial charge in [0.15, 0.2) is 0 Å². The summed E-state index contributed by atoms with van der Waals surface area (Å²) in [4.78, 5) is 4.18. The van der Waals surface area contributed by atoms with E-state index in [-0.39, 0.29) is 5.13 Å². The number of aliphatic hydroxyl groups is 1. The molecule has 1 aliphatic rings. The second-order valence-corrected chi connectivity index (χ2v) is 6.19. The van der Waals surface area contributed by atoms with E-state index < -0.39 is 18.3 Å². The fourth-order valence-electron chi connectivity index (χ4n) is 2.42. The monoisotopic (exact) mass is 329 g/mol. The third-order valence-corrected chi connectivity index (χ3v) is 4.51. The molecule has 4 nitrogen and oxygen atoms in total. The van der Waals surface area contributed by atoms with Crippen LogP contribution in [0.3, 0.4) is 0 Å². The van der Waals surface area contributed by atoms with Gasteiger partial charge in [-0.3, -0.25) is 0 Å². The van der Waals surface area contributed by atoms with E-state index in [0.29, 0.717) is 29.1 Å². The first-order valence-electron chi connectivity index (χ1n) is 6.86. The fraction of sp³-hybridized carbons (Fsp3) is 0.429. The number of nitrogens with zero attached hydrogens (tertiary/aromatic N) is 3. The third-order valence-electron chi connectivity index (χ3n) is 3.50. The number of anilines is 1. The van der Waals surface area contributed by atoms with E-state index in [9.17, 15) is 18.3 Å². The Balaban J connectivity index is 2.07. The maximum absolute atomic E-state index is 13.4. The number of para-hydroxylation sites is 1. The van der Waals surface area contributed by atoms with Crippen LogP contribution in [-0.4, -0.2) is 27.7 Å². The van der Waals surface area contributed by atoms with Gasteiger partial charge in [0.05, 0.1) is 10.2 Å². The molecule has 1 N–H and O–H groups in total. The van der Waals surface area contributed by atoms with Crippen LogP contribution < -0.4 is 5.01 Å². The molecule has 1 unspecified atom stereocenters.